The van der Waals surface area contributed by atoms with Gasteiger partial charge in [-0.2, -0.15) is 0 Å². The van der Waals surface area contributed by atoms with Crippen LogP contribution in [0.4, 0.5) is 5.13 Å². The van der Waals surface area contributed by atoms with Crippen molar-refractivity contribution in [2.75, 3.05) is 11.5 Å². The number of hydrogen-bond donors (Lipinski definition) is 2. The number of anilines is 1. The topological polar surface area (TPSA) is 115 Å². The molecule has 7 nitrogen and oxygen atoms in total. The van der Waals surface area contributed by atoms with E-state index in [0.29, 0.717) is 39.6 Å². The molecule has 3 N–H and O–H groups in total. The summed E-state index contributed by atoms with van der Waals surface area (Å²) >= 11 is 7.45. The number of nitrogen functional groups attached to an aromatic ring is 1. The summed E-state index contributed by atoms with van der Waals surface area (Å²) < 4.78 is 28.7. The third kappa shape index (κ3) is 4.79. The summed E-state index contributed by atoms with van der Waals surface area (Å²) in [7, 11) is -3.74. The molecule has 166 valence electrons. The maximum atomic E-state index is 13.3. The second kappa shape index (κ2) is 8.93. The van der Waals surface area contributed by atoms with Crippen molar-refractivity contribution in [3.05, 3.63) is 64.8 Å². The highest BCUT2D eigenvalue weighted by molar-refractivity contribution is 7.90. The molecule has 10 heteroatoms. The van der Waals surface area contributed by atoms with Gasteiger partial charge in [0.05, 0.1) is 21.5 Å². The second-order valence-corrected chi connectivity index (χ2v) is 10.7. The largest absolute Gasteiger partial charge is 0.481 e. The lowest BCUT2D eigenvalue weighted by atomic mass is 10.2. The number of carboxylic acid groups (broad SMARTS) is 1. The first-order valence-corrected chi connectivity index (χ1v) is 12.6. The maximum Gasteiger partial charge on any atom is 0.303 e. The minimum atomic E-state index is -3.74. The smallest absolute Gasteiger partial charge is 0.303 e. The SMILES string of the molecule is Nc1nc2ccc(C=CCS(=O)(=O)n3c(CCCC(=O)O)cc4cc(Cl)ccc43)cc2s1. The van der Waals surface area contributed by atoms with E-state index in [4.69, 9.17) is 22.4 Å². The lowest BCUT2D eigenvalue weighted by Gasteiger charge is -2.10. The molecule has 0 atom stereocenters. The Bertz CT molecular complexity index is 1450. The summed E-state index contributed by atoms with van der Waals surface area (Å²) in [4.78, 5) is 15.1. The predicted molar refractivity (Wildman–Crippen MR) is 130 cm³/mol. The lowest BCUT2D eigenvalue weighted by Crippen LogP contribution is -2.18. The van der Waals surface area contributed by atoms with Crippen molar-refractivity contribution in [2.24, 2.45) is 0 Å². The van der Waals surface area contributed by atoms with Crippen molar-refractivity contribution < 1.29 is 18.3 Å². The first-order valence-electron chi connectivity index (χ1n) is 9.80. The number of aliphatic carboxylic acids is 1. The van der Waals surface area contributed by atoms with E-state index in [1.807, 2.05) is 18.2 Å². The number of nitrogens with zero attached hydrogens (tertiary/aromatic N) is 2. The van der Waals surface area contributed by atoms with Crippen molar-refractivity contribution in [1.82, 2.24) is 8.96 Å². The van der Waals surface area contributed by atoms with Gasteiger partial charge >= 0.3 is 5.97 Å². The number of nitrogens with two attached hydrogens (primary N) is 1. The summed E-state index contributed by atoms with van der Waals surface area (Å²) in [5, 5.41) is 10.6. The van der Waals surface area contributed by atoms with Gasteiger partial charge in [0.1, 0.15) is 0 Å². The Hall–Kier alpha value is -2.88. The van der Waals surface area contributed by atoms with Gasteiger partial charge in [0, 0.05) is 22.5 Å². The number of benzene rings is 2. The summed E-state index contributed by atoms with van der Waals surface area (Å²) in [6.45, 7) is 0. The maximum absolute atomic E-state index is 13.3. The van der Waals surface area contributed by atoms with Gasteiger partial charge in [0.2, 0.25) is 10.0 Å². The Morgan fingerprint density at radius 2 is 2.03 bits per heavy atom. The molecule has 0 saturated heterocycles. The van der Waals surface area contributed by atoms with Crippen LogP contribution in [0.2, 0.25) is 5.02 Å². The number of aryl methyl sites for hydroxylation is 1. The summed E-state index contributed by atoms with van der Waals surface area (Å²) in [6.07, 6.45) is 3.98. The number of carboxylic acids is 1. The molecular formula is C22H20ClN3O4S2. The minimum absolute atomic E-state index is 0.0349. The van der Waals surface area contributed by atoms with E-state index in [2.05, 4.69) is 4.98 Å². The number of halogens is 1. The van der Waals surface area contributed by atoms with Gasteiger partial charge in [-0.3, -0.25) is 4.79 Å². The molecule has 32 heavy (non-hydrogen) atoms. The van der Waals surface area contributed by atoms with Crippen LogP contribution in [0.1, 0.15) is 24.1 Å². The molecule has 0 spiro atoms. The van der Waals surface area contributed by atoms with Gasteiger partial charge in [-0.15, -0.1) is 0 Å². The molecule has 0 radical (unpaired) electrons. The molecule has 0 unspecified atom stereocenters. The van der Waals surface area contributed by atoms with Crippen LogP contribution in [-0.4, -0.2) is 34.2 Å². The molecule has 2 heterocycles. The molecule has 4 rings (SSSR count). The van der Waals surface area contributed by atoms with Crippen LogP contribution in [0.5, 0.6) is 0 Å². The molecule has 2 aromatic carbocycles. The Morgan fingerprint density at radius 3 is 2.81 bits per heavy atom. The van der Waals surface area contributed by atoms with Crippen LogP contribution < -0.4 is 5.73 Å². The van der Waals surface area contributed by atoms with Gasteiger partial charge in [-0.25, -0.2) is 17.4 Å². The van der Waals surface area contributed by atoms with Crippen molar-refractivity contribution in [3.8, 4) is 0 Å². The lowest BCUT2D eigenvalue weighted by molar-refractivity contribution is -0.137. The van der Waals surface area contributed by atoms with Crippen molar-refractivity contribution >= 4 is 71.3 Å². The fraction of sp³-hybridized carbons (Fsp3) is 0.182. The van der Waals surface area contributed by atoms with E-state index in [1.54, 1.807) is 36.4 Å². The highest BCUT2D eigenvalue weighted by Gasteiger charge is 2.20. The van der Waals surface area contributed by atoms with E-state index in [9.17, 15) is 13.2 Å². The second-order valence-electron chi connectivity index (χ2n) is 7.31. The monoisotopic (exact) mass is 489 g/mol. The van der Waals surface area contributed by atoms with E-state index >= 15 is 0 Å². The zero-order chi connectivity index (χ0) is 22.9. The van der Waals surface area contributed by atoms with E-state index in [-0.39, 0.29) is 12.2 Å². The van der Waals surface area contributed by atoms with Crippen LogP contribution in [0.3, 0.4) is 0 Å². The average Bonchev–Trinajstić information content (AvgIpc) is 3.26. The van der Waals surface area contributed by atoms with Gasteiger partial charge in [-0.1, -0.05) is 41.2 Å². The van der Waals surface area contributed by atoms with E-state index in [1.165, 1.54) is 15.3 Å². The Morgan fingerprint density at radius 1 is 1.22 bits per heavy atom. The zero-order valence-electron chi connectivity index (χ0n) is 16.9. The van der Waals surface area contributed by atoms with Crippen LogP contribution in [0.25, 0.3) is 27.2 Å². The van der Waals surface area contributed by atoms with Crippen LogP contribution in [0, 0.1) is 0 Å². The molecule has 0 bridgehead atoms. The summed E-state index contributed by atoms with van der Waals surface area (Å²) in [5.41, 5.74) is 8.46. The predicted octanol–water partition coefficient (Wildman–Crippen LogP) is 4.79. The summed E-state index contributed by atoms with van der Waals surface area (Å²) in [5.74, 6) is -1.13. The van der Waals surface area contributed by atoms with E-state index in [0.717, 1.165) is 15.8 Å². The number of hydrogen-bond acceptors (Lipinski definition) is 6. The Labute approximate surface area is 193 Å². The van der Waals surface area contributed by atoms with Crippen molar-refractivity contribution in [2.45, 2.75) is 19.3 Å². The molecule has 0 aliphatic carbocycles. The fourth-order valence-corrected chi connectivity index (χ4v) is 6.00. The molecule has 0 aliphatic rings. The van der Waals surface area contributed by atoms with Crippen LogP contribution in [-0.2, 0) is 21.2 Å². The Kier molecular flexibility index (Phi) is 6.23. The highest BCUT2D eigenvalue weighted by atomic mass is 35.5. The molecule has 0 fully saturated rings. The number of thiazole rings is 1. The van der Waals surface area contributed by atoms with Gasteiger partial charge in [0.15, 0.2) is 5.13 Å². The number of rotatable bonds is 8. The average molecular weight is 490 g/mol. The van der Waals surface area contributed by atoms with Crippen molar-refractivity contribution in [3.63, 3.8) is 0 Å². The number of carbonyl (C=O) groups is 1. The molecule has 4 aromatic rings. The molecular weight excluding hydrogens is 470 g/mol. The van der Waals surface area contributed by atoms with E-state index < -0.39 is 16.0 Å². The standard InChI is InChI=1S/C22H20ClN3O4S2/c23-16-7-9-19-15(12-16)13-17(4-1-5-21(27)28)26(19)32(29,30)10-2-3-14-6-8-18-20(11-14)31-22(24)25-18/h2-3,6-9,11-13H,1,4-5,10H2,(H2,24,25)(H,27,28). The number of aromatic nitrogens is 2. The van der Waals surface area contributed by atoms with Crippen LogP contribution >= 0.6 is 22.9 Å². The number of fused-ring (bicyclic) bond motifs is 2. The molecule has 0 amide bonds. The van der Waals surface area contributed by atoms with Crippen molar-refractivity contribution in [1.29, 1.82) is 0 Å². The first kappa shape index (κ1) is 22.3. The third-order valence-corrected chi connectivity index (χ3v) is 7.62. The van der Waals surface area contributed by atoms with Gasteiger partial charge in [-0.05, 0) is 54.8 Å². The molecule has 2 aromatic heterocycles. The summed E-state index contributed by atoms with van der Waals surface area (Å²) in [6, 6.07) is 12.4. The Balaban J connectivity index is 1.63. The van der Waals surface area contributed by atoms with Gasteiger partial charge in [0.25, 0.3) is 0 Å². The minimum Gasteiger partial charge on any atom is -0.481 e. The zero-order valence-corrected chi connectivity index (χ0v) is 19.3. The normalized spacial score (nSPS) is 12.3. The van der Waals surface area contributed by atoms with Crippen LogP contribution in [0.15, 0.2) is 48.5 Å². The quantitative estimate of drug-likeness (QED) is 0.368. The molecule has 0 saturated carbocycles. The first-order chi connectivity index (χ1) is 15.2. The highest BCUT2D eigenvalue weighted by Crippen LogP contribution is 2.27. The fourth-order valence-electron chi connectivity index (χ4n) is 3.58. The van der Waals surface area contributed by atoms with Gasteiger partial charge < -0.3 is 10.8 Å². The third-order valence-electron chi connectivity index (χ3n) is 4.94. The molecule has 0 aliphatic heterocycles.